The molecule has 0 saturated carbocycles. The molecule has 7 heteroatoms. The number of ether oxygens (including phenoxy) is 1. The molecule has 0 spiro atoms. The summed E-state index contributed by atoms with van der Waals surface area (Å²) in [5.74, 6) is -0.0460. The van der Waals surface area contributed by atoms with Crippen LogP contribution in [0, 0.1) is 6.92 Å². The van der Waals surface area contributed by atoms with Crippen molar-refractivity contribution in [1.82, 2.24) is 4.98 Å². The van der Waals surface area contributed by atoms with Crippen LogP contribution in [0.5, 0.6) is 5.75 Å². The molecule has 1 aromatic heterocycles. The summed E-state index contributed by atoms with van der Waals surface area (Å²) in [5.41, 5.74) is 1.66. The monoisotopic (exact) mass is 303 g/mol. The molecule has 1 atom stereocenters. The van der Waals surface area contributed by atoms with E-state index in [-0.39, 0.29) is 18.2 Å². The predicted molar refractivity (Wildman–Crippen MR) is 79.6 cm³/mol. The molecule has 2 amide bonds. The summed E-state index contributed by atoms with van der Waals surface area (Å²) < 4.78 is 5.60. The maximum absolute atomic E-state index is 12.0. The first kappa shape index (κ1) is 13.6. The average molecular weight is 303 g/mol. The van der Waals surface area contributed by atoms with Crippen LogP contribution in [-0.2, 0) is 9.59 Å². The number of nitrogens with one attached hydrogen (secondary N) is 2. The van der Waals surface area contributed by atoms with Gasteiger partial charge >= 0.3 is 0 Å². The van der Waals surface area contributed by atoms with Gasteiger partial charge in [0, 0.05) is 11.6 Å². The third kappa shape index (κ3) is 3.03. The van der Waals surface area contributed by atoms with Crippen LogP contribution in [0.3, 0.4) is 0 Å². The Morgan fingerprint density at radius 3 is 3.14 bits per heavy atom. The van der Waals surface area contributed by atoms with Crippen LogP contribution in [0.2, 0.25) is 0 Å². The van der Waals surface area contributed by atoms with E-state index in [4.69, 9.17) is 4.74 Å². The fraction of sp³-hybridized carbons (Fsp3) is 0.214. The molecule has 108 valence electrons. The molecule has 6 nitrogen and oxygen atoms in total. The van der Waals surface area contributed by atoms with Crippen LogP contribution in [0.1, 0.15) is 12.0 Å². The Morgan fingerprint density at radius 1 is 1.52 bits per heavy atom. The normalized spacial score (nSPS) is 16.6. The molecule has 21 heavy (non-hydrogen) atoms. The highest BCUT2D eigenvalue weighted by Gasteiger charge is 2.29. The summed E-state index contributed by atoms with van der Waals surface area (Å²) in [6.07, 6.45) is 0.710. The summed E-state index contributed by atoms with van der Waals surface area (Å²) in [6, 6.07) is 5.51. The van der Waals surface area contributed by atoms with Gasteiger partial charge in [-0.1, -0.05) is 6.07 Å². The third-order valence-corrected chi connectivity index (χ3v) is 3.69. The Labute approximate surface area is 125 Å². The first-order valence-corrected chi connectivity index (χ1v) is 7.27. The lowest BCUT2D eigenvalue weighted by Crippen LogP contribution is -2.39. The zero-order valence-corrected chi connectivity index (χ0v) is 12.1. The molecule has 0 aliphatic carbocycles. The molecule has 1 aliphatic rings. The number of thiazole rings is 1. The first-order valence-electron chi connectivity index (χ1n) is 6.39. The topological polar surface area (TPSA) is 80.3 Å². The smallest absolute Gasteiger partial charge is 0.266 e. The van der Waals surface area contributed by atoms with E-state index < -0.39 is 6.10 Å². The molecule has 0 bridgehead atoms. The molecule has 2 heterocycles. The lowest BCUT2D eigenvalue weighted by molar-refractivity contribution is -0.128. The van der Waals surface area contributed by atoms with Gasteiger partial charge in [0.2, 0.25) is 5.91 Å². The molecule has 2 aromatic rings. The van der Waals surface area contributed by atoms with Gasteiger partial charge in [-0.15, -0.1) is 11.3 Å². The van der Waals surface area contributed by atoms with Gasteiger partial charge in [0.1, 0.15) is 5.75 Å². The van der Waals surface area contributed by atoms with Crippen molar-refractivity contribution in [2.45, 2.75) is 19.4 Å². The van der Waals surface area contributed by atoms with E-state index in [1.54, 1.807) is 17.6 Å². The number of rotatable bonds is 3. The number of anilines is 2. The van der Waals surface area contributed by atoms with Crippen molar-refractivity contribution in [2.75, 3.05) is 10.6 Å². The maximum Gasteiger partial charge on any atom is 0.266 e. The summed E-state index contributed by atoms with van der Waals surface area (Å²) in [4.78, 5) is 27.8. The molecule has 1 aromatic carbocycles. The number of hydrogen-bond acceptors (Lipinski definition) is 5. The van der Waals surface area contributed by atoms with Crippen molar-refractivity contribution in [2.24, 2.45) is 0 Å². The van der Waals surface area contributed by atoms with Crippen molar-refractivity contribution in [1.29, 1.82) is 0 Å². The number of fused-ring (bicyclic) bond motifs is 1. The zero-order chi connectivity index (χ0) is 14.8. The minimum absolute atomic E-state index is 0.0568. The van der Waals surface area contributed by atoms with E-state index in [0.717, 1.165) is 5.56 Å². The van der Waals surface area contributed by atoms with E-state index >= 15 is 0 Å². The maximum atomic E-state index is 12.0. The van der Waals surface area contributed by atoms with Crippen LogP contribution in [-0.4, -0.2) is 22.9 Å². The van der Waals surface area contributed by atoms with E-state index in [9.17, 15) is 9.59 Å². The summed E-state index contributed by atoms with van der Waals surface area (Å²) >= 11 is 1.32. The fourth-order valence-electron chi connectivity index (χ4n) is 2.02. The van der Waals surface area contributed by atoms with Crippen LogP contribution >= 0.6 is 11.3 Å². The van der Waals surface area contributed by atoms with Gasteiger partial charge in [-0.05, 0) is 24.6 Å². The van der Waals surface area contributed by atoms with Crippen LogP contribution in [0.4, 0.5) is 10.8 Å². The number of hydrogen-bond donors (Lipinski definition) is 2. The number of benzene rings is 1. The van der Waals surface area contributed by atoms with Gasteiger partial charge in [-0.25, -0.2) is 4.98 Å². The van der Waals surface area contributed by atoms with Gasteiger partial charge in [0.25, 0.3) is 5.91 Å². The highest BCUT2D eigenvalue weighted by molar-refractivity contribution is 7.13. The molecular formula is C14H13N3O3S. The molecule has 2 N–H and O–H groups in total. The van der Waals surface area contributed by atoms with E-state index in [1.165, 1.54) is 11.3 Å². The fourth-order valence-corrected chi connectivity index (χ4v) is 2.57. The lowest BCUT2D eigenvalue weighted by Gasteiger charge is -2.25. The number of aryl methyl sites for hydroxylation is 1. The van der Waals surface area contributed by atoms with Gasteiger partial charge < -0.3 is 15.4 Å². The summed E-state index contributed by atoms with van der Waals surface area (Å²) in [5, 5.41) is 7.66. The molecule has 0 fully saturated rings. The van der Waals surface area contributed by atoms with Crippen molar-refractivity contribution in [3.63, 3.8) is 0 Å². The predicted octanol–water partition coefficient (Wildman–Crippen LogP) is 2.18. The third-order valence-electron chi connectivity index (χ3n) is 3.00. The van der Waals surface area contributed by atoms with E-state index in [1.807, 2.05) is 19.1 Å². The molecule has 1 aliphatic heterocycles. The number of aromatic nitrogens is 1. The summed E-state index contributed by atoms with van der Waals surface area (Å²) in [6.45, 7) is 1.93. The van der Waals surface area contributed by atoms with Crippen molar-refractivity contribution >= 4 is 34.0 Å². The van der Waals surface area contributed by atoms with Gasteiger partial charge in [0.15, 0.2) is 11.2 Å². The van der Waals surface area contributed by atoms with E-state index in [0.29, 0.717) is 16.6 Å². The summed E-state index contributed by atoms with van der Waals surface area (Å²) in [7, 11) is 0. The van der Waals surface area contributed by atoms with Crippen LogP contribution < -0.4 is 15.4 Å². The molecule has 0 radical (unpaired) electrons. The van der Waals surface area contributed by atoms with Crippen LogP contribution in [0.25, 0.3) is 0 Å². The lowest BCUT2D eigenvalue weighted by atomic mass is 10.1. The second-order valence-corrected chi connectivity index (χ2v) is 5.58. The molecule has 3 rings (SSSR count). The Bertz CT molecular complexity index is 685. The molecular weight excluding hydrogens is 290 g/mol. The zero-order valence-electron chi connectivity index (χ0n) is 11.3. The number of amides is 2. The van der Waals surface area contributed by atoms with E-state index in [2.05, 4.69) is 15.6 Å². The quantitative estimate of drug-likeness (QED) is 0.910. The van der Waals surface area contributed by atoms with Gasteiger partial charge in [-0.2, -0.15) is 0 Å². The van der Waals surface area contributed by atoms with Gasteiger partial charge in [0.05, 0.1) is 12.1 Å². The van der Waals surface area contributed by atoms with Crippen molar-refractivity contribution < 1.29 is 14.3 Å². The van der Waals surface area contributed by atoms with Crippen molar-refractivity contribution in [3.8, 4) is 5.75 Å². The molecule has 1 unspecified atom stereocenters. The van der Waals surface area contributed by atoms with Gasteiger partial charge in [-0.3, -0.25) is 9.59 Å². The number of carbonyl (C=O) groups is 2. The largest absolute Gasteiger partial charge is 0.478 e. The Kier molecular flexibility index (Phi) is 3.57. The molecule has 0 saturated heterocycles. The number of nitrogens with zero attached hydrogens (tertiary/aromatic N) is 1. The first-order chi connectivity index (χ1) is 10.1. The van der Waals surface area contributed by atoms with Crippen LogP contribution in [0.15, 0.2) is 29.8 Å². The highest BCUT2D eigenvalue weighted by Crippen LogP contribution is 2.31. The number of carbonyl (C=O) groups excluding carboxylic acids is 2. The highest BCUT2D eigenvalue weighted by atomic mass is 32.1. The Morgan fingerprint density at radius 2 is 2.38 bits per heavy atom. The SMILES string of the molecule is Cc1ccc2c(c1)NC(=O)C(CC(=O)Nc1nccs1)O2. The van der Waals surface area contributed by atoms with Crippen molar-refractivity contribution in [3.05, 3.63) is 35.3 Å². The second kappa shape index (κ2) is 5.53. The Hall–Kier alpha value is -2.41. The average Bonchev–Trinajstić information content (AvgIpc) is 2.92. The standard InChI is InChI=1S/C14H13N3O3S/c1-8-2-3-10-9(6-8)16-13(19)11(20-10)7-12(18)17-14-15-4-5-21-14/h2-6,11H,7H2,1H3,(H,16,19)(H,15,17,18). The second-order valence-electron chi connectivity index (χ2n) is 4.68. The minimum atomic E-state index is -0.833. The minimum Gasteiger partial charge on any atom is -0.478 e. The Balaban J connectivity index is 1.68.